The molecule has 0 aliphatic rings. The number of oxime groups is 1. The first-order chi connectivity index (χ1) is 9.31. The van der Waals surface area contributed by atoms with Crippen LogP contribution in [0.15, 0.2) is 59.9 Å². The Kier molecular flexibility index (Phi) is 4.23. The number of benzene rings is 1. The lowest BCUT2D eigenvalue weighted by Gasteiger charge is -2.06. The lowest BCUT2D eigenvalue weighted by molar-refractivity contribution is 0.0555. The first-order valence-corrected chi connectivity index (χ1v) is 5.66. The van der Waals surface area contributed by atoms with E-state index in [0.717, 1.165) is 0 Å². The van der Waals surface area contributed by atoms with Crippen LogP contribution in [0.3, 0.4) is 0 Å². The summed E-state index contributed by atoms with van der Waals surface area (Å²) >= 11 is 0. The van der Waals surface area contributed by atoms with Crippen molar-refractivity contribution < 1.29 is 14.7 Å². The van der Waals surface area contributed by atoms with Crippen molar-refractivity contribution in [2.75, 3.05) is 6.61 Å². The molecule has 0 atom stereocenters. The Hall–Kier alpha value is -2.69. The van der Waals surface area contributed by atoms with Crippen LogP contribution in [0.4, 0.5) is 0 Å². The fourth-order valence-electron chi connectivity index (χ4n) is 1.49. The second-order valence-corrected chi connectivity index (χ2v) is 3.70. The summed E-state index contributed by atoms with van der Waals surface area (Å²) in [5.41, 5.74) is 1.19. The molecule has 5 heteroatoms. The van der Waals surface area contributed by atoms with E-state index in [4.69, 9.17) is 9.94 Å². The highest BCUT2D eigenvalue weighted by Crippen LogP contribution is 2.03. The molecule has 96 valence electrons. The lowest BCUT2D eigenvalue weighted by Crippen LogP contribution is -2.16. The minimum absolute atomic E-state index is 0.115. The molecule has 5 nitrogen and oxygen atoms in total. The van der Waals surface area contributed by atoms with Gasteiger partial charge in [0.25, 0.3) is 0 Å². The third-order valence-electron chi connectivity index (χ3n) is 2.44. The number of hydrogen-bond acceptors (Lipinski definition) is 5. The third-order valence-corrected chi connectivity index (χ3v) is 2.44. The normalized spacial score (nSPS) is 11.1. The first-order valence-electron chi connectivity index (χ1n) is 5.66. The van der Waals surface area contributed by atoms with Crippen molar-refractivity contribution >= 4 is 11.7 Å². The standard InChI is InChI=1S/C14H12N2O3/c17-14(12-8-4-5-9-15-12)19-10-13(16-18)11-6-2-1-3-7-11/h1-9,18H,10H2. The largest absolute Gasteiger partial charge is 0.454 e. The number of carbonyl (C=O) groups is 1. The molecule has 1 N–H and O–H groups in total. The summed E-state index contributed by atoms with van der Waals surface area (Å²) in [6.45, 7) is -0.115. The van der Waals surface area contributed by atoms with Gasteiger partial charge >= 0.3 is 5.97 Å². The average Bonchev–Trinajstić information content (AvgIpc) is 2.49. The van der Waals surface area contributed by atoms with Gasteiger partial charge in [-0.1, -0.05) is 41.6 Å². The van der Waals surface area contributed by atoms with E-state index in [0.29, 0.717) is 5.56 Å². The Balaban J connectivity index is 2.00. The van der Waals surface area contributed by atoms with Gasteiger partial charge in [-0.15, -0.1) is 0 Å². The van der Waals surface area contributed by atoms with Gasteiger partial charge in [-0.3, -0.25) is 0 Å². The van der Waals surface area contributed by atoms with Crippen LogP contribution in [0, 0.1) is 0 Å². The van der Waals surface area contributed by atoms with Crippen molar-refractivity contribution in [2.45, 2.75) is 0 Å². The number of pyridine rings is 1. The van der Waals surface area contributed by atoms with Gasteiger partial charge in [0.05, 0.1) is 0 Å². The van der Waals surface area contributed by atoms with Crippen LogP contribution < -0.4 is 0 Å². The van der Waals surface area contributed by atoms with E-state index in [2.05, 4.69) is 10.1 Å². The van der Waals surface area contributed by atoms with Crippen molar-refractivity contribution in [2.24, 2.45) is 5.16 Å². The molecular formula is C14H12N2O3. The number of ether oxygens (including phenoxy) is 1. The summed E-state index contributed by atoms with van der Waals surface area (Å²) in [6.07, 6.45) is 1.51. The molecule has 0 saturated carbocycles. The highest BCUT2D eigenvalue weighted by Gasteiger charge is 2.11. The van der Waals surface area contributed by atoms with E-state index in [1.807, 2.05) is 6.07 Å². The van der Waals surface area contributed by atoms with Crippen molar-refractivity contribution in [1.29, 1.82) is 0 Å². The van der Waals surface area contributed by atoms with Crippen LogP contribution in [-0.4, -0.2) is 28.5 Å². The SMILES string of the molecule is O=C(OCC(=NO)c1ccccc1)c1ccccn1. The number of hydrogen-bond donors (Lipinski definition) is 1. The minimum atomic E-state index is -0.558. The molecule has 0 bridgehead atoms. The van der Waals surface area contributed by atoms with Crippen LogP contribution in [-0.2, 0) is 4.74 Å². The van der Waals surface area contributed by atoms with Crippen molar-refractivity contribution in [3.8, 4) is 0 Å². The molecule has 0 spiro atoms. The van der Waals surface area contributed by atoms with Crippen LogP contribution in [0.2, 0.25) is 0 Å². The van der Waals surface area contributed by atoms with E-state index >= 15 is 0 Å². The van der Waals surface area contributed by atoms with Gasteiger partial charge in [-0.2, -0.15) is 0 Å². The number of aromatic nitrogens is 1. The smallest absolute Gasteiger partial charge is 0.357 e. The zero-order chi connectivity index (χ0) is 13.5. The second-order valence-electron chi connectivity index (χ2n) is 3.70. The molecule has 0 fully saturated rings. The maximum atomic E-state index is 11.7. The van der Waals surface area contributed by atoms with Gasteiger partial charge in [0.2, 0.25) is 0 Å². The van der Waals surface area contributed by atoms with Gasteiger partial charge in [0.1, 0.15) is 18.0 Å². The van der Waals surface area contributed by atoms with Crippen LogP contribution in [0.1, 0.15) is 16.1 Å². The predicted octanol–water partition coefficient (Wildman–Crippen LogP) is 2.12. The summed E-state index contributed by atoms with van der Waals surface area (Å²) in [5, 5.41) is 12.1. The molecule has 1 heterocycles. The zero-order valence-corrected chi connectivity index (χ0v) is 10.1. The van der Waals surface area contributed by atoms with E-state index < -0.39 is 5.97 Å². The van der Waals surface area contributed by atoms with E-state index in [-0.39, 0.29) is 18.0 Å². The Bertz CT molecular complexity index is 568. The first kappa shape index (κ1) is 12.8. The predicted molar refractivity (Wildman–Crippen MR) is 69.3 cm³/mol. The third kappa shape index (κ3) is 3.38. The average molecular weight is 256 g/mol. The zero-order valence-electron chi connectivity index (χ0n) is 10.1. The Labute approximate surface area is 110 Å². The topological polar surface area (TPSA) is 71.8 Å². The molecule has 0 radical (unpaired) electrons. The monoisotopic (exact) mass is 256 g/mol. The molecule has 2 rings (SSSR count). The maximum Gasteiger partial charge on any atom is 0.357 e. The van der Waals surface area contributed by atoms with Gasteiger partial charge in [0.15, 0.2) is 0 Å². The number of carbonyl (C=O) groups excluding carboxylic acids is 1. The summed E-state index contributed by atoms with van der Waals surface area (Å²) in [4.78, 5) is 15.6. The summed E-state index contributed by atoms with van der Waals surface area (Å²) in [7, 11) is 0. The molecular weight excluding hydrogens is 244 g/mol. The molecule has 2 aromatic rings. The highest BCUT2D eigenvalue weighted by atomic mass is 16.5. The van der Waals surface area contributed by atoms with Gasteiger partial charge in [-0.25, -0.2) is 9.78 Å². The Morgan fingerprint density at radius 1 is 1.16 bits per heavy atom. The highest BCUT2D eigenvalue weighted by molar-refractivity contribution is 6.02. The van der Waals surface area contributed by atoms with Crippen LogP contribution in [0.25, 0.3) is 0 Å². The molecule has 0 aliphatic carbocycles. The van der Waals surface area contributed by atoms with E-state index in [9.17, 15) is 4.79 Å². The fraction of sp³-hybridized carbons (Fsp3) is 0.0714. The fourth-order valence-corrected chi connectivity index (χ4v) is 1.49. The molecule has 1 aromatic heterocycles. The molecule has 19 heavy (non-hydrogen) atoms. The molecule has 1 aromatic carbocycles. The van der Waals surface area contributed by atoms with Crippen LogP contribution >= 0.6 is 0 Å². The quantitative estimate of drug-likeness (QED) is 0.393. The van der Waals surface area contributed by atoms with Crippen LogP contribution in [0.5, 0.6) is 0 Å². The van der Waals surface area contributed by atoms with Gasteiger partial charge in [0, 0.05) is 11.8 Å². The molecule has 0 saturated heterocycles. The van der Waals surface area contributed by atoms with Crippen molar-refractivity contribution in [3.05, 3.63) is 66.0 Å². The Morgan fingerprint density at radius 3 is 2.53 bits per heavy atom. The summed E-state index contributed by atoms with van der Waals surface area (Å²) in [6, 6.07) is 14.0. The van der Waals surface area contributed by atoms with Gasteiger partial charge < -0.3 is 9.94 Å². The maximum absolute atomic E-state index is 11.7. The number of nitrogens with zero attached hydrogens (tertiary/aromatic N) is 2. The summed E-state index contributed by atoms with van der Waals surface area (Å²) in [5.74, 6) is -0.558. The molecule has 0 amide bonds. The van der Waals surface area contributed by atoms with Crippen molar-refractivity contribution in [3.63, 3.8) is 0 Å². The van der Waals surface area contributed by atoms with E-state index in [1.165, 1.54) is 6.20 Å². The van der Waals surface area contributed by atoms with Crippen molar-refractivity contribution in [1.82, 2.24) is 4.98 Å². The lowest BCUT2D eigenvalue weighted by atomic mass is 10.1. The number of esters is 1. The Morgan fingerprint density at radius 2 is 1.89 bits per heavy atom. The van der Waals surface area contributed by atoms with E-state index in [1.54, 1.807) is 42.5 Å². The second kappa shape index (κ2) is 6.30. The molecule has 0 aliphatic heterocycles. The van der Waals surface area contributed by atoms with Gasteiger partial charge in [-0.05, 0) is 12.1 Å². The minimum Gasteiger partial charge on any atom is -0.454 e. The summed E-state index contributed by atoms with van der Waals surface area (Å²) < 4.78 is 5.04. The molecule has 0 unspecified atom stereocenters. The number of rotatable bonds is 4.